The summed E-state index contributed by atoms with van der Waals surface area (Å²) >= 11 is 0. The van der Waals surface area contributed by atoms with Crippen molar-refractivity contribution >= 4 is 11.8 Å². The van der Waals surface area contributed by atoms with E-state index in [0.717, 1.165) is 22.4 Å². The number of carbonyl (C=O) groups is 2. The molecule has 218 valence electrons. The fourth-order valence-corrected chi connectivity index (χ4v) is 5.78. The molecule has 0 fully saturated rings. The van der Waals surface area contributed by atoms with Crippen molar-refractivity contribution < 1.29 is 28.5 Å². The summed E-state index contributed by atoms with van der Waals surface area (Å²) in [6.45, 7) is 4.55. The quantitative estimate of drug-likeness (QED) is 0.277. The van der Waals surface area contributed by atoms with E-state index in [1.807, 2.05) is 86.6 Å². The highest BCUT2D eigenvalue weighted by molar-refractivity contribution is 6.04. The number of hydrogen-bond donors (Lipinski definition) is 1. The third-order valence-electron chi connectivity index (χ3n) is 7.80. The number of esters is 1. The predicted molar refractivity (Wildman–Crippen MR) is 161 cm³/mol. The van der Waals surface area contributed by atoms with Gasteiger partial charge < -0.3 is 24.3 Å². The number of Topliss-reactive ketones (excluding diaryl/α,β-unsaturated/α-hetero) is 1. The maximum Gasteiger partial charge on any atom is 0.336 e. The number of hydrogen-bond acceptors (Lipinski definition) is 7. The third kappa shape index (κ3) is 6.05. The van der Waals surface area contributed by atoms with Gasteiger partial charge in [0, 0.05) is 29.3 Å². The van der Waals surface area contributed by atoms with Gasteiger partial charge in [0.15, 0.2) is 17.3 Å². The van der Waals surface area contributed by atoms with Crippen LogP contribution in [0.5, 0.6) is 17.2 Å². The lowest BCUT2D eigenvalue weighted by Crippen LogP contribution is -2.36. The second-order valence-corrected chi connectivity index (χ2v) is 10.6. The van der Waals surface area contributed by atoms with Gasteiger partial charge in [0.2, 0.25) is 0 Å². The summed E-state index contributed by atoms with van der Waals surface area (Å²) in [6, 6.07) is 23.4. The molecule has 0 saturated carbocycles. The van der Waals surface area contributed by atoms with Crippen molar-refractivity contribution in [3.8, 4) is 17.2 Å². The van der Waals surface area contributed by atoms with Gasteiger partial charge in [-0.05, 0) is 66.6 Å². The summed E-state index contributed by atoms with van der Waals surface area (Å²) in [4.78, 5) is 27.4. The Bertz CT molecular complexity index is 1520. The van der Waals surface area contributed by atoms with Crippen LogP contribution < -0.4 is 19.5 Å². The highest BCUT2D eigenvalue weighted by Gasteiger charge is 2.41. The van der Waals surface area contributed by atoms with E-state index in [1.54, 1.807) is 14.2 Å². The largest absolute Gasteiger partial charge is 0.493 e. The second kappa shape index (κ2) is 13.0. The minimum absolute atomic E-state index is 0.00238. The van der Waals surface area contributed by atoms with Crippen LogP contribution in [0.1, 0.15) is 61.6 Å². The fraction of sp³-hybridized carbons (Fsp3) is 0.314. The van der Waals surface area contributed by atoms with Crippen molar-refractivity contribution in [2.24, 2.45) is 0 Å². The molecule has 1 aliphatic carbocycles. The third-order valence-corrected chi connectivity index (χ3v) is 7.80. The molecule has 0 aromatic heterocycles. The summed E-state index contributed by atoms with van der Waals surface area (Å²) < 4.78 is 22.7. The Morgan fingerprint density at radius 2 is 1.69 bits per heavy atom. The van der Waals surface area contributed by atoms with Crippen LogP contribution >= 0.6 is 0 Å². The second-order valence-electron chi connectivity index (χ2n) is 10.6. The fourth-order valence-electron chi connectivity index (χ4n) is 5.78. The zero-order valence-corrected chi connectivity index (χ0v) is 24.6. The summed E-state index contributed by atoms with van der Waals surface area (Å²) in [5.74, 6) is 0.906. The molecule has 0 saturated heterocycles. The molecule has 1 aliphatic heterocycles. The molecule has 42 heavy (non-hydrogen) atoms. The number of methoxy groups -OCH3 is 2. The van der Waals surface area contributed by atoms with Gasteiger partial charge >= 0.3 is 5.97 Å². The van der Waals surface area contributed by atoms with E-state index in [0.29, 0.717) is 66.6 Å². The molecule has 0 bridgehead atoms. The van der Waals surface area contributed by atoms with Gasteiger partial charge in [-0.3, -0.25) is 4.79 Å². The van der Waals surface area contributed by atoms with Crippen LogP contribution in [0.2, 0.25) is 0 Å². The normalized spacial score (nSPS) is 18.2. The first-order valence-corrected chi connectivity index (χ1v) is 14.3. The predicted octanol–water partition coefficient (Wildman–Crippen LogP) is 6.60. The topological polar surface area (TPSA) is 83.1 Å². The number of nitrogens with one attached hydrogen (secondary N) is 1. The van der Waals surface area contributed by atoms with Crippen molar-refractivity contribution in [2.45, 2.75) is 51.6 Å². The molecule has 7 nitrogen and oxygen atoms in total. The first-order chi connectivity index (χ1) is 20.4. The van der Waals surface area contributed by atoms with Crippen LogP contribution in [0, 0.1) is 0 Å². The summed E-state index contributed by atoms with van der Waals surface area (Å²) in [6.07, 6.45) is 1.64. The zero-order chi connectivity index (χ0) is 29.6. The first kappa shape index (κ1) is 29.0. The minimum Gasteiger partial charge on any atom is -0.493 e. The summed E-state index contributed by atoms with van der Waals surface area (Å²) in [5, 5.41) is 3.42. The smallest absolute Gasteiger partial charge is 0.336 e. The van der Waals surface area contributed by atoms with Gasteiger partial charge in [-0.15, -0.1) is 0 Å². The van der Waals surface area contributed by atoms with Gasteiger partial charge in [0.1, 0.15) is 12.4 Å². The Morgan fingerprint density at radius 1 is 0.905 bits per heavy atom. The average molecular weight is 568 g/mol. The van der Waals surface area contributed by atoms with Crippen LogP contribution in [0.25, 0.3) is 0 Å². The molecule has 3 aromatic rings. The van der Waals surface area contributed by atoms with Gasteiger partial charge in [0.25, 0.3) is 0 Å². The lowest BCUT2D eigenvalue weighted by molar-refractivity contribution is -0.139. The molecule has 0 unspecified atom stereocenters. The monoisotopic (exact) mass is 567 g/mol. The van der Waals surface area contributed by atoms with Crippen LogP contribution in [0.4, 0.5) is 0 Å². The van der Waals surface area contributed by atoms with Crippen molar-refractivity contribution in [1.29, 1.82) is 0 Å². The van der Waals surface area contributed by atoms with Crippen LogP contribution in [-0.4, -0.2) is 32.6 Å². The molecule has 1 N–H and O–H groups in total. The van der Waals surface area contributed by atoms with Gasteiger partial charge in [0.05, 0.1) is 26.4 Å². The van der Waals surface area contributed by atoms with E-state index in [-0.39, 0.29) is 11.7 Å². The zero-order valence-electron chi connectivity index (χ0n) is 24.6. The highest BCUT2D eigenvalue weighted by Crippen LogP contribution is 2.47. The molecule has 5 rings (SSSR count). The summed E-state index contributed by atoms with van der Waals surface area (Å²) in [7, 11) is 3.21. The maximum atomic E-state index is 14.0. The van der Waals surface area contributed by atoms with Crippen molar-refractivity contribution in [3.63, 3.8) is 0 Å². The molecule has 0 amide bonds. The number of dihydropyridines is 1. The maximum absolute atomic E-state index is 14.0. The Balaban J connectivity index is 1.51. The van der Waals surface area contributed by atoms with Gasteiger partial charge in [-0.1, -0.05) is 55.5 Å². The molecule has 0 spiro atoms. The molecule has 7 heteroatoms. The first-order valence-electron chi connectivity index (χ1n) is 14.3. The molecule has 0 radical (unpaired) electrons. The Hall–Kier alpha value is -4.52. The Labute approximate surface area is 247 Å². The molecule has 2 atom stereocenters. The number of benzene rings is 3. The standard InChI is InChI=1S/C35H37NO6/c1-5-16-41-35(38)32-22(2)36-28-18-26(24-14-15-30(39-3)31(20-24)40-4)19-29(37)34(28)33(32)25-12-9-13-27(17-25)42-21-23-10-7-6-8-11-23/h6-15,17,20,26,33,36H,5,16,18-19,21H2,1-4H3/t26-,33-/m0/s1. The van der Waals surface area contributed by atoms with E-state index < -0.39 is 11.9 Å². The molecule has 2 aliphatic rings. The SMILES string of the molecule is CCCOC(=O)C1=C(C)NC2=C(C(=O)C[C@@H](c3ccc(OC)c(OC)c3)C2)[C@H]1c1cccc(OCc2ccccc2)c1. The number of carbonyl (C=O) groups excluding carboxylic acids is 2. The van der Waals surface area contributed by atoms with Crippen LogP contribution in [0.15, 0.2) is 95.3 Å². The van der Waals surface area contributed by atoms with Crippen molar-refractivity contribution in [2.75, 3.05) is 20.8 Å². The van der Waals surface area contributed by atoms with Crippen molar-refractivity contribution in [1.82, 2.24) is 5.32 Å². The summed E-state index contributed by atoms with van der Waals surface area (Å²) in [5.41, 5.74) is 5.46. The Morgan fingerprint density at radius 3 is 2.43 bits per heavy atom. The number of ketones is 1. The molecule has 3 aromatic carbocycles. The number of ether oxygens (including phenoxy) is 4. The molecule has 1 heterocycles. The van der Waals surface area contributed by atoms with E-state index in [2.05, 4.69) is 5.32 Å². The Kier molecular flexibility index (Phi) is 8.96. The molecular weight excluding hydrogens is 530 g/mol. The van der Waals surface area contributed by atoms with E-state index >= 15 is 0 Å². The van der Waals surface area contributed by atoms with E-state index in [4.69, 9.17) is 18.9 Å². The minimum atomic E-state index is -0.565. The van der Waals surface area contributed by atoms with Gasteiger partial charge in [-0.25, -0.2) is 4.79 Å². The lowest BCUT2D eigenvalue weighted by atomic mass is 9.71. The lowest BCUT2D eigenvalue weighted by Gasteiger charge is -2.37. The number of allylic oxidation sites excluding steroid dienone is 3. The van der Waals surface area contributed by atoms with E-state index in [9.17, 15) is 9.59 Å². The van der Waals surface area contributed by atoms with Gasteiger partial charge in [-0.2, -0.15) is 0 Å². The van der Waals surface area contributed by atoms with Crippen molar-refractivity contribution in [3.05, 3.63) is 112 Å². The van der Waals surface area contributed by atoms with Crippen LogP contribution in [-0.2, 0) is 20.9 Å². The van der Waals surface area contributed by atoms with Crippen LogP contribution in [0.3, 0.4) is 0 Å². The highest BCUT2D eigenvalue weighted by atomic mass is 16.5. The number of rotatable bonds is 10. The average Bonchev–Trinajstić information content (AvgIpc) is 3.02. The molecular formula is C35H37NO6. The van der Waals surface area contributed by atoms with E-state index in [1.165, 1.54) is 0 Å².